The second-order valence-electron chi connectivity index (χ2n) is 5.41. The van der Waals surface area contributed by atoms with Crippen molar-refractivity contribution in [1.29, 1.82) is 0 Å². The van der Waals surface area contributed by atoms with Crippen molar-refractivity contribution in [3.8, 4) is 0 Å². The zero-order valence-electron chi connectivity index (χ0n) is 11.9. The Kier molecular flexibility index (Phi) is 4.97. The molecule has 3 heteroatoms. The number of aryl methyl sites for hydroxylation is 2. The summed E-state index contributed by atoms with van der Waals surface area (Å²) < 4.78 is 5.01. The van der Waals surface area contributed by atoms with E-state index in [-0.39, 0.29) is 11.9 Å². The first kappa shape index (κ1) is 14.1. The van der Waals surface area contributed by atoms with Crippen molar-refractivity contribution in [2.24, 2.45) is 0 Å². The van der Waals surface area contributed by atoms with Gasteiger partial charge in [0.2, 0.25) is 5.91 Å². The van der Waals surface area contributed by atoms with E-state index < -0.39 is 0 Å². The molecule has 1 atom stereocenters. The van der Waals surface area contributed by atoms with Crippen LogP contribution in [0.25, 0.3) is 0 Å². The summed E-state index contributed by atoms with van der Waals surface area (Å²) in [7, 11) is 1.64. The molecule has 1 N–H and O–H groups in total. The maximum atomic E-state index is 11.9. The molecular formula is C16H23NO2. The first-order valence-corrected chi connectivity index (χ1v) is 7.08. The Morgan fingerprint density at radius 1 is 1.32 bits per heavy atom. The van der Waals surface area contributed by atoms with Gasteiger partial charge in [-0.25, -0.2) is 0 Å². The first-order chi connectivity index (χ1) is 9.19. The van der Waals surface area contributed by atoms with E-state index in [1.807, 2.05) is 6.92 Å². The molecule has 2 rings (SSSR count). The normalized spacial score (nSPS) is 15.7. The van der Waals surface area contributed by atoms with E-state index in [0.29, 0.717) is 13.0 Å². The van der Waals surface area contributed by atoms with Crippen LogP contribution >= 0.6 is 0 Å². The minimum absolute atomic E-state index is 0.0649. The van der Waals surface area contributed by atoms with E-state index >= 15 is 0 Å². The van der Waals surface area contributed by atoms with Gasteiger partial charge in [-0.1, -0.05) is 18.2 Å². The topological polar surface area (TPSA) is 38.3 Å². The fourth-order valence-corrected chi connectivity index (χ4v) is 2.70. The number of fused-ring (bicyclic) bond motifs is 1. The summed E-state index contributed by atoms with van der Waals surface area (Å²) in [5.41, 5.74) is 4.01. The van der Waals surface area contributed by atoms with Crippen LogP contribution in [0.3, 0.4) is 0 Å². The SMILES string of the molecule is COC[C@@H](C)NC(=O)Cc1ccc2c(c1)CCCC2. The number of amides is 1. The zero-order chi connectivity index (χ0) is 13.7. The number of benzene rings is 1. The van der Waals surface area contributed by atoms with Gasteiger partial charge in [-0.05, 0) is 49.3 Å². The number of hydrogen-bond acceptors (Lipinski definition) is 2. The molecular weight excluding hydrogens is 238 g/mol. The van der Waals surface area contributed by atoms with Crippen LogP contribution in [0.1, 0.15) is 36.5 Å². The number of nitrogens with one attached hydrogen (secondary N) is 1. The van der Waals surface area contributed by atoms with Gasteiger partial charge in [0.25, 0.3) is 0 Å². The highest BCUT2D eigenvalue weighted by atomic mass is 16.5. The number of ether oxygens (including phenoxy) is 1. The van der Waals surface area contributed by atoms with Crippen LogP contribution in [0.4, 0.5) is 0 Å². The van der Waals surface area contributed by atoms with Crippen LogP contribution in [0.2, 0.25) is 0 Å². The quantitative estimate of drug-likeness (QED) is 0.883. The summed E-state index contributed by atoms with van der Waals surface area (Å²) >= 11 is 0. The van der Waals surface area contributed by atoms with Crippen LogP contribution < -0.4 is 5.32 Å². The molecule has 19 heavy (non-hydrogen) atoms. The van der Waals surface area contributed by atoms with Crippen molar-refractivity contribution < 1.29 is 9.53 Å². The molecule has 0 spiro atoms. The van der Waals surface area contributed by atoms with Crippen LogP contribution in [-0.2, 0) is 28.8 Å². The van der Waals surface area contributed by atoms with E-state index in [4.69, 9.17) is 4.74 Å². The minimum atomic E-state index is 0.0649. The number of rotatable bonds is 5. The smallest absolute Gasteiger partial charge is 0.224 e. The second kappa shape index (κ2) is 6.71. The number of carbonyl (C=O) groups is 1. The summed E-state index contributed by atoms with van der Waals surface area (Å²) in [6.45, 7) is 2.50. The number of carbonyl (C=O) groups excluding carboxylic acids is 1. The van der Waals surface area contributed by atoms with Gasteiger partial charge >= 0.3 is 0 Å². The van der Waals surface area contributed by atoms with E-state index in [9.17, 15) is 4.79 Å². The Labute approximate surface area is 115 Å². The van der Waals surface area contributed by atoms with Crippen molar-refractivity contribution in [3.05, 3.63) is 34.9 Å². The van der Waals surface area contributed by atoms with Crippen molar-refractivity contribution in [1.82, 2.24) is 5.32 Å². The van der Waals surface area contributed by atoms with E-state index in [2.05, 4.69) is 23.5 Å². The Balaban J connectivity index is 1.93. The van der Waals surface area contributed by atoms with Crippen molar-refractivity contribution in [2.45, 2.75) is 45.1 Å². The maximum Gasteiger partial charge on any atom is 0.224 e. The van der Waals surface area contributed by atoms with Crippen molar-refractivity contribution in [3.63, 3.8) is 0 Å². The summed E-state index contributed by atoms with van der Waals surface area (Å²) in [5, 5.41) is 2.95. The van der Waals surface area contributed by atoms with Gasteiger partial charge in [-0.2, -0.15) is 0 Å². The molecule has 0 fully saturated rings. The Hall–Kier alpha value is -1.35. The standard InChI is InChI=1S/C16H23NO2/c1-12(11-19-2)17-16(18)10-13-7-8-14-5-3-4-6-15(14)9-13/h7-9,12H,3-6,10-11H2,1-2H3,(H,17,18)/t12-/m1/s1. The molecule has 0 aliphatic heterocycles. The van der Waals surface area contributed by atoms with Gasteiger partial charge in [0.15, 0.2) is 0 Å². The predicted molar refractivity (Wildman–Crippen MR) is 76.3 cm³/mol. The highest BCUT2D eigenvalue weighted by molar-refractivity contribution is 5.78. The Bertz CT molecular complexity index is 442. The van der Waals surface area contributed by atoms with Gasteiger partial charge in [0.05, 0.1) is 13.0 Å². The molecule has 0 unspecified atom stereocenters. The molecule has 0 saturated heterocycles. The lowest BCUT2D eigenvalue weighted by Crippen LogP contribution is -2.36. The molecule has 0 bridgehead atoms. The predicted octanol–water partition coefficient (Wildman–Crippen LogP) is 2.26. The fraction of sp³-hybridized carbons (Fsp3) is 0.562. The molecule has 0 heterocycles. The molecule has 1 aromatic rings. The number of hydrogen-bond donors (Lipinski definition) is 1. The molecule has 0 saturated carbocycles. The lowest BCUT2D eigenvalue weighted by Gasteiger charge is -2.17. The highest BCUT2D eigenvalue weighted by Gasteiger charge is 2.12. The molecule has 1 amide bonds. The van der Waals surface area contributed by atoms with Gasteiger partial charge < -0.3 is 10.1 Å². The van der Waals surface area contributed by atoms with Gasteiger partial charge in [-0.15, -0.1) is 0 Å². The lowest BCUT2D eigenvalue weighted by atomic mass is 9.90. The van der Waals surface area contributed by atoms with Crippen molar-refractivity contribution in [2.75, 3.05) is 13.7 Å². The minimum Gasteiger partial charge on any atom is -0.383 e. The average molecular weight is 261 g/mol. The fourth-order valence-electron chi connectivity index (χ4n) is 2.70. The molecule has 104 valence electrons. The summed E-state index contributed by atoms with van der Waals surface area (Å²) in [6.07, 6.45) is 5.37. The Morgan fingerprint density at radius 3 is 2.79 bits per heavy atom. The third-order valence-corrected chi connectivity index (χ3v) is 3.60. The van der Waals surface area contributed by atoms with Crippen LogP contribution in [0, 0.1) is 0 Å². The van der Waals surface area contributed by atoms with E-state index in [0.717, 1.165) is 12.0 Å². The van der Waals surface area contributed by atoms with E-state index in [1.54, 1.807) is 7.11 Å². The zero-order valence-corrected chi connectivity index (χ0v) is 11.9. The van der Waals surface area contributed by atoms with Crippen molar-refractivity contribution >= 4 is 5.91 Å². The largest absolute Gasteiger partial charge is 0.383 e. The van der Waals surface area contributed by atoms with Gasteiger partial charge in [0.1, 0.15) is 0 Å². The van der Waals surface area contributed by atoms with Crippen LogP contribution in [0.5, 0.6) is 0 Å². The molecule has 0 aromatic heterocycles. The van der Waals surface area contributed by atoms with Gasteiger partial charge in [-0.3, -0.25) is 4.79 Å². The molecule has 1 aliphatic carbocycles. The third-order valence-electron chi connectivity index (χ3n) is 3.60. The van der Waals surface area contributed by atoms with Gasteiger partial charge in [0, 0.05) is 13.2 Å². The average Bonchev–Trinajstić information content (AvgIpc) is 2.38. The lowest BCUT2D eigenvalue weighted by molar-refractivity contribution is -0.121. The Morgan fingerprint density at radius 2 is 2.05 bits per heavy atom. The first-order valence-electron chi connectivity index (χ1n) is 7.08. The van der Waals surface area contributed by atoms with Crippen LogP contribution in [0.15, 0.2) is 18.2 Å². The van der Waals surface area contributed by atoms with Crippen LogP contribution in [-0.4, -0.2) is 25.7 Å². The third kappa shape index (κ3) is 4.06. The molecule has 3 nitrogen and oxygen atoms in total. The highest BCUT2D eigenvalue weighted by Crippen LogP contribution is 2.22. The van der Waals surface area contributed by atoms with E-state index in [1.165, 1.54) is 30.4 Å². The summed E-state index contributed by atoms with van der Waals surface area (Å²) in [6, 6.07) is 6.55. The maximum absolute atomic E-state index is 11.9. The number of methoxy groups -OCH3 is 1. The molecule has 1 aromatic carbocycles. The monoisotopic (exact) mass is 261 g/mol. The summed E-state index contributed by atoms with van der Waals surface area (Å²) in [4.78, 5) is 11.9. The molecule has 0 radical (unpaired) electrons. The summed E-state index contributed by atoms with van der Waals surface area (Å²) in [5.74, 6) is 0.0697. The molecule has 1 aliphatic rings. The second-order valence-corrected chi connectivity index (χ2v) is 5.41.